The first-order chi connectivity index (χ1) is 8.08. The van der Waals surface area contributed by atoms with Gasteiger partial charge in [-0.1, -0.05) is 12.1 Å². The molecule has 0 fully saturated rings. The Labute approximate surface area is 101 Å². The van der Waals surface area contributed by atoms with Crippen molar-refractivity contribution in [3.63, 3.8) is 0 Å². The van der Waals surface area contributed by atoms with Gasteiger partial charge in [0.1, 0.15) is 11.8 Å². The minimum absolute atomic E-state index is 0.0768. The smallest absolute Gasteiger partial charge is 0.320 e. The van der Waals surface area contributed by atoms with E-state index in [9.17, 15) is 4.79 Å². The number of aliphatic carboxylic acids is 1. The molecule has 0 amide bonds. The van der Waals surface area contributed by atoms with Crippen molar-refractivity contribution in [3.05, 3.63) is 29.8 Å². The number of methoxy groups -OCH3 is 1. The van der Waals surface area contributed by atoms with Crippen LogP contribution in [-0.4, -0.2) is 31.3 Å². The molecule has 0 saturated heterocycles. The Morgan fingerprint density at radius 1 is 1.47 bits per heavy atom. The molecule has 0 aromatic heterocycles. The van der Waals surface area contributed by atoms with Gasteiger partial charge in [-0.2, -0.15) is 0 Å². The lowest BCUT2D eigenvalue weighted by Crippen LogP contribution is -2.34. The number of rotatable bonds is 6. The van der Waals surface area contributed by atoms with E-state index in [4.69, 9.17) is 15.6 Å². The molecule has 94 valence electrons. The van der Waals surface area contributed by atoms with Crippen LogP contribution in [0.2, 0.25) is 0 Å². The van der Waals surface area contributed by atoms with Gasteiger partial charge in [0.25, 0.3) is 0 Å². The predicted octanol–water partition coefficient (Wildman–Crippen LogP) is 0.758. The van der Waals surface area contributed by atoms with E-state index < -0.39 is 12.0 Å². The molecule has 0 heterocycles. The van der Waals surface area contributed by atoms with Crippen LogP contribution in [0.15, 0.2) is 24.3 Å². The summed E-state index contributed by atoms with van der Waals surface area (Å²) in [5.41, 5.74) is 6.51. The van der Waals surface area contributed by atoms with Crippen LogP contribution in [-0.2, 0) is 4.79 Å². The number of nitrogens with one attached hydrogen (secondary N) is 1. The number of carbonyl (C=O) groups is 1. The Bertz CT molecular complexity index is 365. The summed E-state index contributed by atoms with van der Waals surface area (Å²) < 4.78 is 5.06. The van der Waals surface area contributed by atoms with E-state index in [2.05, 4.69) is 5.32 Å². The molecular formula is C12H18N2O3. The Morgan fingerprint density at radius 3 is 2.47 bits per heavy atom. The van der Waals surface area contributed by atoms with E-state index in [0.29, 0.717) is 6.42 Å². The Hall–Kier alpha value is -1.59. The highest BCUT2D eigenvalue weighted by molar-refractivity contribution is 5.73. The van der Waals surface area contributed by atoms with Gasteiger partial charge in [-0.25, -0.2) is 0 Å². The van der Waals surface area contributed by atoms with Crippen molar-refractivity contribution >= 4 is 5.97 Å². The lowest BCUT2D eigenvalue weighted by molar-refractivity contribution is -0.138. The molecule has 0 saturated carbocycles. The molecule has 1 aromatic rings. The highest BCUT2D eigenvalue weighted by Crippen LogP contribution is 2.20. The molecule has 0 aliphatic heterocycles. The standard InChI is InChI=1S/C12H18N2O3/c1-14-11(7-10(13)12(15)16)8-3-5-9(17-2)6-4-8/h3-6,10-11,14H,7,13H2,1-2H3,(H,15,16). The second-order valence-electron chi connectivity index (χ2n) is 3.79. The van der Waals surface area contributed by atoms with Crippen LogP contribution in [0.1, 0.15) is 18.0 Å². The normalized spacial score (nSPS) is 14.1. The van der Waals surface area contributed by atoms with Crippen LogP contribution in [0.4, 0.5) is 0 Å². The topological polar surface area (TPSA) is 84.6 Å². The SMILES string of the molecule is CNC(CC(N)C(=O)O)c1ccc(OC)cc1. The Morgan fingerprint density at radius 2 is 2.06 bits per heavy atom. The molecule has 17 heavy (non-hydrogen) atoms. The number of hydrogen-bond donors (Lipinski definition) is 3. The van der Waals surface area contributed by atoms with Gasteiger partial charge in [0.2, 0.25) is 0 Å². The Balaban J connectivity index is 2.75. The van der Waals surface area contributed by atoms with Crippen molar-refractivity contribution in [1.29, 1.82) is 0 Å². The number of carboxylic acid groups (broad SMARTS) is 1. The van der Waals surface area contributed by atoms with Crippen LogP contribution in [0.25, 0.3) is 0 Å². The van der Waals surface area contributed by atoms with Crippen molar-refractivity contribution < 1.29 is 14.6 Å². The zero-order valence-corrected chi connectivity index (χ0v) is 10.0. The third-order valence-corrected chi connectivity index (χ3v) is 2.67. The third-order valence-electron chi connectivity index (χ3n) is 2.67. The molecule has 5 heteroatoms. The number of hydrogen-bond acceptors (Lipinski definition) is 4. The minimum atomic E-state index is -0.987. The number of ether oxygens (including phenoxy) is 1. The summed E-state index contributed by atoms with van der Waals surface area (Å²) in [6, 6.07) is 6.53. The summed E-state index contributed by atoms with van der Waals surface area (Å²) in [6.07, 6.45) is 0.345. The van der Waals surface area contributed by atoms with Crippen molar-refractivity contribution in [3.8, 4) is 5.75 Å². The maximum atomic E-state index is 10.7. The van der Waals surface area contributed by atoms with Crippen LogP contribution >= 0.6 is 0 Å². The van der Waals surface area contributed by atoms with E-state index in [0.717, 1.165) is 11.3 Å². The zero-order valence-electron chi connectivity index (χ0n) is 10.0. The monoisotopic (exact) mass is 238 g/mol. The largest absolute Gasteiger partial charge is 0.497 e. The molecule has 0 aliphatic rings. The van der Waals surface area contributed by atoms with Gasteiger partial charge in [0.05, 0.1) is 7.11 Å². The Kier molecular flexibility index (Phi) is 4.93. The van der Waals surface area contributed by atoms with Crippen molar-refractivity contribution in [1.82, 2.24) is 5.32 Å². The molecule has 5 nitrogen and oxygen atoms in total. The second-order valence-corrected chi connectivity index (χ2v) is 3.79. The average Bonchev–Trinajstić information content (AvgIpc) is 2.35. The molecule has 0 bridgehead atoms. The van der Waals surface area contributed by atoms with Gasteiger partial charge < -0.3 is 20.9 Å². The lowest BCUT2D eigenvalue weighted by atomic mass is 10.00. The molecule has 1 rings (SSSR count). The van der Waals surface area contributed by atoms with Gasteiger partial charge in [-0.15, -0.1) is 0 Å². The number of benzene rings is 1. The maximum absolute atomic E-state index is 10.7. The fourth-order valence-corrected chi connectivity index (χ4v) is 1.61. The fourth-order valence-electron chi connectivity index (χ4n) is 1.61. The molecule has 2 unspecified atom stereocenters. The summed E-state index contributed by atoms with van der Waals surface area (Å²) >= 11 is 0. The molecule has 0 spiro atoms. The van der Waals surface area contributed by atoms with Crippen LogP contribution in [0.3, 0.4) is 0 Å². The van der Waals surface area contributed by atoms with Crippen LogP contribution in [0.5, 0.6) is 5.75 Å². The predicted molar refractivity (Wildman–Crippen MR) is 65.0 cm³/mol. The fraction of sp³-hybridized carbons (Fsp3) is 0.417. The van der Waals surface area contributed by atoms with Gasteiger partial charge in [0, 0.05) is 6.04 Å². The highest BCUT2D eigenvalue weighted by atomic mass is 16.5. The third kappa shape index (κ3) is 3.72. The average molecular weight is 238 g/mol. The molecule has 0 aliphatic carbocycles. The van der Waals surface area contributed by atoms with Crippen molar-refractivity contribution in [2.45, 2.75) is 18.5 Å². The summed E-state index contributed by atoms with van der Waals surface area (Å²) in [5.74, 6) is -0.218. The van der Waals surface area contributed by atoms with E-state index >= 15 is 0 Å². The summed E-state index contributed by atoms with van der Waals surface area (Å²) in [4.78, 5) is 10.7. The summed E-state index contributed by atoms with van der Waals surface area (Å²) in [6.45, 7) is 0. The second kappa shape index (κ2) is 6.22. The molecule has 0 radical (unpaired) electrons. The zero-order chi connectivity index (χ0) is 12.8. The van der Waals surface area contributed by atoms with Crippen molar-refractivity contribution in [2.24, 2.45) is 5.73 Å². The van der Waals surface area contributed by atoms with Gasteiger partial charge >= 0.3 is 5.97 Å². The first kappa shape index (κ1) is 13.5. The molecule has 2 atom stereocenters. The van der Waals surface area contributed by atoms with Crippen molar-refractivity contribution in [2.75, 3.05) is 14.2 Å². The molecular weight excluding hydrogens is 220 g/mol. The van der Waals surface area contributed by atoms with Crippen LogP contribution < -0.4 is 15.8 Å². The van der Waals surface area contributed by atoms with E-state index in [1.165, 1.54) is 0 Å². The van der Waals surface area contributed by atoms with E-state index in [1.54, 1.807) is 14.2 Å². The first-order valence-electron chi connectivity index (χ1n) is 5.38. The molecule has 1 aromatic carbocycles. The summed E-state index contributed by atoms with van der Waals surface area (Å²) in [7, 11) is 3.38. The van der Waals surface area contributed by atoms with Gasteiger partial charge in [-0.3, -0.25) is 4.79 Å². The quantitative estimate of drug-likeness (QED) is 0.681. The number of nitrogens with two attached hydrogens (primary N) is 1. The minimum Gasteiger partial charge on any atom is -0.497 e. The van der Waals surface area contributed by atoms with Crippen LogP contribution in [0, 0.1) is 0 Å². The van der Waals surface area contributed by atoms with Gasteiger partial charge in [-0.05, 0) is 31.2 Å². The van der Waals surface area contributed by atoms with E-state index in [1.807, 2.05) is 24.3 Å². The highest BCUT2D eigenvalue weighted by Gasteiger charge is 2.18. The van der Waals surface area contributed by atoms with Gasteiger partial charge in [0.15, 0.2) is 0 Å². The van der Waals surface area contributed by atoms with E-state index in [-0.39, 0.29) is 6.04 Å². The lowest BCUT2D eigenvalue weighted by Gasteiger charge is -2.19. The first-order valence-corrected chi connectivity index (χ1v) is 5.38. The molecule has 4 N–H and O–H groups in total. The maximum Gasteiger partial charge on any atom is 0.320 e. The number of carboxylic acids is 1. The summed E-state index contributed by atoms with van der Waals surface area (Å²) in [5, 5.41) is 11.8.